The molecule has 1 aliphatic heterocycles. The molecule has 0 aliphatic carbocycles. The van der Waals surface area contributed by atoms with Gasteiger partial charge >= 0.3 is 0 Å². The minimum atomic E-state index is -0.817. The first kappa shape index (κ1) is 19.5. The number of nitrogens with zero attached hydrogens (tertiary/aromatic N) is 3. The van der Waals surface area contributed by atoms with E-state index in [0.717, 1.165) is 24.1 Å². The molecule has 0 amide bonds. The van der Waals surface area contributed by atoms with Crippen molar-refractivity contribution in [1.82, 2.24) is 14.5 Å². The lowest BCUT2D eigenvalue weighted by atomic mass is 10.1. The van der Waals surface area contributed by atoms with Gasteiger partial charge in [-0.15, -0.1) is 0 Å². The third kappa shape index (κ3) is 3.85. The summed E-state index contributed by atoms with van der Waals surface area (Å²) >= 11 is 0. The van der Waals surface area contributed by atoms with Crippen LogP contribution < -0.4 is 10.3 Å². The van der Waals surface area contributed by atoms with Gasteiger partial charge in [0.15, 0.2) is 5.82 Å². The van der Waals surface area contributed by atoms with E-state index >= 15 is 0 Å². The van der Waals surface area contributed by atoms with Gasteiger partial charge in [-0.1, -0.05) is 0 Å². The molecule has 0 radical (unpaired) electrons. The van der Waals surface area contributed by atoms with Gasteiger partial charge < -0.3 is 14.4 Å². The number of aromatic nitrogens is 2. The van der Waals surface area contributed by atoms with Crippen molar-refractivity contribution in [3.63, 3.8) is 0 Å². The molecule has 2 aromatic heterocycles. The lowest BCUT2D eigenvalue weighted by Crippen LogP contribution is -2.32. The molecular formula is C20H19F2N3O3. The van der Waals surface area contributed by atoms with Crippen molar-refractivity contribution in [3.05, 3.63) is 75.6 Å². The second-order valence-corrected chi connectivity index (χ2v) is 6.53. The van der Waals surface area contributed by atoms with E-state index in [1.807, 2.05) is 6.92 Å². The molecule has 8 heteroatoms. The summed E-state index contributed by atoms with van der Waals surface area (Å²) in [5.74, 6) is -1.35. The Labute approximate surface area is 160 Å². The molecule has 0 spiro atoms. The third-order valence-corrected chi connectivity index (χ3v) is 4.43. The summed E-state index contributed by atoms with van der Waals surface area (Å²) in [5.41, 5.74) is 1.63. The normalized spacial score (nSPS) is 16.5. The molecule has 28 heavy (non-hydrogen) atoms. The molecule has 1 aliphatic rings. The highest BCUT2D eigenvalue weighted by molar-refractivity contribution is 5.74. The SMILES string of the molecule is CC1=CN(C)[C@@H](C=O)C=C1n1c(C)cc(OCc2ncc(F)cc2F)cc1=O. The summed E-state index contributed by atoms with van der Waals surface area (Å²) in [5, 5.41) is 0. The number of hydrogen-bond donors (Lipinski definition) is 0. The van der Waals surface area contributed by atoms with Crippen LogP contribution in [0.5, 0.6) is 5.75 Å². The lowest BCUT2D eigenvalue weighted by molar-refractivity contribution is -0.110. The molecule has 0 saturated carbocycles. The Kier molecular flexibility index (Phi) is 5.39. The number of rotatable bonds is 5. The quantitative estimate of drug-likeness (QED) is 0.738. The average molecular weight is 387 g/mol. The van der Waals surface area contributed by atoms with Crippen molar-refractivity contribution >= 4 is 12.0 Å². The predicted molar refractivity (Wildman–Crippen MR) is 99.6 cm³/mol. The molecule has 6 nitrogen and oxygen atoms in total. The number of allylic oxidation sites excluding steroid dienone is 2. The number of hydrogen-bond acceptors (Lipinski definition) is 5. The van der Waals surface area contributed by atoms with Crippen LogP contribution in [0, 0.1) is 18.6 Å². The van der Waals surface area contributed by atoms with Gasteiger partial charge in [0.1, 0.15) is 36.2 Å². The molecule has 0 saturated heterocycles. The molecular weight excluding hydrogens is 368 g/mol. The van der Waals surface area contributed by atoms with Gasteiger partial charge in [0, 0.05) is 37.1 Å². The first-order chi connectivity index (χ1) is 13.3. The van der Waals surface area contributed by atoms with E-state index in [1.54, 1.807) is 37.2 Å². The molecule has 0 unspecified atom stereocenters. The standard InChI is InChI=1S/C20H19F2N3O3/c1-12-9-24(3)15(10-26)6-19(12)25-13(2)4-16(7-20(25)27)28-11-18-17(22)5-14(21)8-23-18/h4-10,15H,11H2,1-3H3/t15-/m1/s1. The fourth-order valence-electron chi connectivity index (χ4n) is 3.02. The fourth-order valence-corrected chi connectivity index (χ4v) is 3.02. The van der Waals surface area contributed by atoms with Crippen LogP contribution in [0.2, 0.25) is 0 Å². The minimum absolute atomic E-state index is 0.0612. The van der Waals surface area contributed by atoms with Gasteiger partial charge in [-0.3, -0.25) is 14.3 Å². The zero-order valence-electron chi connectivity index (χ0n) is 15.6. The summed E-state index contributed by atoms with van der Waals surface area (Å²) in [6.07, 6.45) is 5.21. The van der Waals surface area contributed by atoms with Crippen LogP contribution in [0.25, 0.3) is 5.70 Å². The molecule has 1 atom stereocenters. The number of halogens is 2. The highest BCUT2D eigenvalue weighted by Crippen LogP contribution is 2.24. The molecule has 3 heterocycles. The number of aldehydes is 1. The average Bonchev–Trinajstić information content (AvgIpc) is 2.62. The van der Waals surface area contributed by atoms with Crippen LogP contribution in [0.1, 0.15) is 18.3 Å². The first-order valence-corrected chi connectivity index (χ1v) is 8.55. The molecule has 0 aromatic carbocycles. The summed E-state index contributed by atoms with van der Waals surface area (Å²) < 4.78 is 33.5. The smallest absolute Gasteiger partial charge is 0.258 e. The molecule has 0 fully saturated rings. The van der Waals surface area contributed by atoms with Crippen LogP contribution >= 0.6 is 0 Å². The summed E-state index contributed by atoms with van der Waals surface area (Å²) in [6, 6.07) is 3.16. The minimum Gasteiger partial charge on any atom is -0.487 e. The molecule has 0 N–H and O–H groups in total. The Morgan fingerprint density at radius 3 is 2.64 bits per heavy atom. The van der Waals surface area contributed by atoms with E-state index in [-0.39, 0.29) is 23.6 Å². The first-order valence-electron chi connectivity index (χ1n) is 8.55. The monoisotopic (exact) mass is 387 g/mol. The lowest BCUT2D eigenvalue weighted by Gasteiger charge is -2.28. The Hall–Kier alpha value is -3.29. The Balaban J connectivity index is 1.88. The van der Waals surface area contributed by atoms with Crippen molar-refractivity contribution in [2.24, 2.45) is 0 Å². The van der Waals surface area contributed by atoms with Gasteiger partial charge in [0.2, 0.25) is 0 Å². The summed E-state index contributed by atoms with van der Waals surface area (Å²) in [7, 11) is 1.78. The summed E-state index contributed by atoms with van der Waals surface area (Å²) in [6.45, 7) is 3.34. The van der Waals surface area contributed by atoms with Gasteiger partial charge in [-0.2, -0.15) is 0 Å². The van der Waals surface area contributed by atoms with Crippen LogP contribution in [-0.4, -0.2) is 33.8 Å². The maximum absolute atomic E-state index is 13.7. The zero-order chi connectivity index (χ0) is 20.4. The van der Waals surface area contributed by atoms with Crippen molar-refractivity contribution in [2.75, 3.05) is 7.05 Å². The van der Waals surface area contributed by atoms with Crippen LogP contribution in [0.4, 0.5) is 8.78 Å². The van der Waals surface area contributed by atoms with E-state index in [1.165, 1.54) is 10.6 Å². The van der Waals surface area contributed by atoms with Gasteiger partial charge in [0.05, 0.1) is 11.9 Å². The molecule has 0 bridgehead atoms. The van der Waals surface area contributed by atoms with E-state index in [0.29, 0.717) is 11.4 Å². The maximum Gasteiger partial charge on any atom is 0.258 e. The number of carbonyl (C=O) groups is 1. The van der Waals surface area contributed by atoms with Crippen LogP contribution in [-0.2, 0) is 11.4 Å². The van der Waals surface area contributed by atoms with Crippen molar-refractivity contribution in [3.8, 4) is 5.75 Å². The number of ether oxygens (including phenoxy) is 1. The van der Waals surface area contributed by atoms with E-state index in [4.69, 9.17) is 4.74 Å². The van der Waals surface area contributed by atoms with Gasteiger partial charge in [0.25, 0.3) is 5.56 Å². The van der Waals surface area contributed by atoms with E-state index < -0.39 is 17.7 Å². The second kappa shape index (κ2) is 7.75. The number of likely N-dealkylation sites (N-methyl/N-ethyl adjacent to an activating group) is 1. The number of pyridine rings is 2. The van der Waals surface area contributed by atoms with E-state index in [9.17, 15) is 18.4 Å². The largest absolute Gasteiger partial charge is 0.487 e. The fraction of sp³-hybridized carbons (Fsp3) is 0.250. The topological polar surface area (TPSA) is 64.4 Å². The van der Waals surface area contributed by atoms with Gasteiger partial charge in [-0.25, -0.2) is 8.78 Å². The van der Waals surface area contributed by atoms with Crippen molar-refractivity contribution < 1.29 is 18.3 Å². The Morgan fingerprint density at radius 2 is 2.00 bits per heavy atom. The number of aryl methyl sites for hydroxylation is 1. The van der Waals surface area contributed by atoms with Gasteiger partial charge in [-0.05, 0) is 25.5 Å². The van der Waals surface area contributed by atoms with Crippen LogP contribution in [0.15, 0.2) is 47.0 Å². The zero-order valence-corrected chi connectivity index (χ0v) is 15.6. The molecule has 2 aromatic rings. The molecule has 146 valence electrons. The van der Waals surface area contributed by atoms with Crippen molar-refractivity contribution in [2.45, 2.75) is 26.5 Å². The highest BCUT2D eigenvalue weighted by atomic mass is 19.1. The molecule has 3 rings (SSSR count). The van der Waals surface area contributed by atoms with Crippen LogP contribution in [0.3, 0.4) is 0 Å². The maximum atomic E-state index is 13.7. The third-order valence-electron chi connectivity index (χ3n) is 4.43. The highest BCUT2D eigenvalue weighted by Gasteiger charge is 2.20. The Bertz CT molecular complexity index is 1040. The summed E-state index contributed by atoms with van der Waals surface area (Å²) in [4.78, 5) is 29.4. The second-order valence-electron chi connectivity index (χ2n) is 6.53. The van der Waals surface area contributed by atoms with Crippen molar-refractivity contribution in [1.29, 1.82) is 0 Å². The predicted octanol–water partition coefficient (Wildman–Crippen LogP) is 2.67. The van der Waals surface area contributed by atoms with E-state index in [2.05, 4.69) is 4.98 Å². The Morgan fingerprint density at radius 1 is 1.25 bits per heavy atom. The number of carbonyl (C=O) groups excluding carboxylic acids is 1.